The minimum Gasteiger partial charge on any atom is -0.379 e. The van der Waals surface area contributed by atoms with E-state index in [0.717, 1.165) is 62.7 Å². The second kappa shape index (κ2) is 8.86. The molecular weight excluding hydrogens is 374 g/mol. The SMILES string of the molecule is O=C(NCCN1CCOCC1)c1ccc(C2=NCCc3ccc(Cl)cc32)cc1. The number of rotatable bonds is 5. The first-order valence-electron chi connectivity index (χ1n) is 9.73. The largest absolute Gasteiger partial charge is 0.379 e. The van der Waals surface area contributed by atoms with Gasteiger partial charge in [-0.2, -0.15) is 0 Å². The van der Waals surface area contributed by atoms with Crippen molar-refractivity contribution in [3.05, 3.63) is 69.7 Å². The number of hydrogen-bond acceptors (Lipinski definition) is 4. The lowest BCUT2D eigenvalue weighted by Gasteiger charge is -2.26. The van der Waals surface area contributed by atoms with Gasteiger partial charge in [0.1, 0.15) is 0 Å². The molecule has 1 N–H and O–H groups in total. The first-order valence-corrected chi connectivity index (χ1v) is 10.1. The summed E-state index contributed by atoms with van der Waals surface area (Å²) >= 11 is 6.18. The van der Waals surface area contributed by atoms with Crippen LogP contribution in [0.25, 0.3) is 0 Å². The number of amides is 1. The monoisotopic (exact) mass is 397 g/mol. The minimum absolute atomic E-state index is 0.0474. The molecule has 0 unspecified atom stereocenters. The van der Waals surface area contributed by atoms with Gasteiger partial charge in [-0.3, -0.25) is 14.7 Å². The molecule has 0 spiro atoms. The Bertz CT molecular complexity index is 874. The molecule has 28 heavy (non-hydrogen) atoms. The quantitative estimate of drug-likeness (QED) is 0.844. The van der Waals surface area contributed by atoms with Crippen LogP contribution >= 0.6 is 11.6 Å². The number of hydrogen-bond donors (Lipinski definition) is 1. The van der Waals surface area contributed by atoms with Crippen LogP contribution in [0.5, 0.6) is 0 Å². The molecule has 0 bridgehead atoms. The zero-order chi connectivity index (χ0) is 19.3. The maximum Gasteiger partial charge on any atom is 0.251 e. The summed E-state index contributed by atoms with van der Waals surface area (Å²) in [7, 11) is 0. The molecule has 0 aromatic heterocycles. The first-order chi connectivity index (χ1) is 13.7. The summed E-state index contributed by atoms with van der Waals surface area (Å²) < 4.78 is 5.34. The van der Waals surface area contributed by atoms with Crippen molar-refractivity contribution >= 4 is 23.2 Å². The van der Waals surface area contributed by atoms with Gasteiger partial charge in [0.25, 0.3) is 5.91 Å². The zero-order valence-corrected chi connectivity index (χ0v) is 16.5. The van der Waals surface area contributed by atoms with E-state index in [9.17, 15) is 4.79 Å². The van der Waals surface area contributed by atoms with Crippen molar-refractivity contribution in [3.63, 3.8) is 0 Å². The van der Waals surface area contributed by atoms with Crippen molar-refractivity contribution < 1.29 is 9.53 Å². The average molecular weight is 398 g/mol. The molecule has 0 atom stereocenters. The predicted octanol–water partition coefficient (Wildman–Crippen LogP) is 2.80. The van der Waals surface area contributed by atoms with Crippen LogP contribution in [-0.2, 0) is 11.2 Å². The van der Waals surface area contributed by atoms with E-state index in [1.807, 2.05) is 36.4 Å². The van der Waals surface area contributed by atoms with Crippen LogP contribution in [0.3, 0.4) is 0 Å². The van der Waals surface area contributed by atoms with Crippen LogP contribution in [0, 0.1) is 0 Å². The fourth-order valence-corrected chi connectivity index (χ4v) is 3.81. The predicted molar refractivity (Wildman–Crippen MR) is 112 cm³/mol. The zero-order valence-electron chi connectivity index (χ0n) is 15.8. The topological polar surface area (TPSA) is 53.9 Å². The third-order valence-electron chi connectivity index (χ3n) is 5.22. The van der Waals surface area contributed by atoms with E-state index in [4.69, 9.17) is 21.3 Å². The number of nitrogens with zero attached hydrogens (tertiary/aromatic N) is 2. The van der Waals surface area contributed by atoms with Gasteiger partial charge in [-0.15, -0.1) is 0 Å². The smallest absolute Gasteiger partial charge is 0.251 e. The molecule has 146 valence electrons. The van der Waals surface area contributed by atoms with Crippen molar-refractivity contribution in [1.82, 2.24) is 10.2 Å². The molecule has 0 saturated carbocycles. The summed E-state index contributed by atoms with van der Waals surface area (Å²) in [5.74, 6) is -0.0474. The minimum atomic E-state index is -0.0474. The van der Waals surface area contributed by atoms with Gasteiger partial charge in [0.15, 0.2) is 0 Å². The Kier molecular flexibility index (Phi) is 6.05. The molecule has 2 aliphatic heterocycles. The first kappa shape index (κ1) is 19.1. The Labute approximate surface area is 170 Å². The highest BCUT2D eigenvalue weighted by Crippen LogP contribution is 2.24. The number of benzene rings is 2. The molecule has 2 aliphatic rings. The number of carbonyl (C=O) groups is 1. The highest BCUT2D eigenvalue weighted by Gasteiger charge is 2.17. The molecule has 0 aliphatic carbocycles. The Balaban J connectivity index is 1.39. The summed E-state index contributed by atoms with van der Waals surface area (Å²) in [6.07, 6.45) is 0.930. The average Bonchev–Trinajstić information content (AvgIpc) is 2.74. The molecule has 1 fully saturated rings. The van der Waals surface area contributed by atoms with Crippen molar-refractivity contribution in [3.8, 4) is 0 Å². The van der Waals surface area contributed by atoms with Gasteiger partial charge >= 0.3 is 0 Å². The summed E-state index contributed by atoms with van der Waals surface area (Å²) in [6.45, 7) is 5.66. The van der Waals surface area contributed by atoms with Crippen molar-refractivity contribution in [1.29, 1.82) is 0 Å². The van der Waals surface area contributed by atoms with E-state index in [-0.39, 0.29) is 5.91 Å². The van der Waals surface area contributed by atoms with E-state index in [1.165, 1.54) is 5.56 Å². The standard InChI is InChI=1S/C22H24ClN3O2/c23-19-6-5-16-7-8-24-21(20(16)15-19)17-1-3-18(4-2-17)22(27)25-9-10-26-11-13-28-14-12-26/h1-6,15H,7-14H2,(H,25,27). The fourth-order valence-electron chi connectivity index (χ4n) is 3.64. The van der Waals surface area contributed by atoms with Crippen LogP contribution in [0.1, 0.15) is 27.0 Å². The van der Waals surface area contributed by atoms with Crippen molar-refractivity contribution in [2.24, 2.45) is 4.99 Å². The third kappa shape index (κ3) is 4.43. The number of ether oxygens (including phenoxy) is 1. The Hall–Kier alpha value is -2.21. The second-order valence-electron chi connectivity index (χ2n) is 7.07. The lowest BCUT2D eigenvalue weighted by Crippen LogP contribution is -2.41. The molecule has 5 nitrogen and oxygen atoms in total. The van der Waals surface area contributed by atoms with E-state index in [0.29, 0.717) is 17.1 Å². The van der Waals surface area contributed by atoms with Crippen molar-refractivity contribution in [2.75, 3.05) is 45.9 Å². The molecule has 2 aromatic rings. The maximum absolute atomic E-state index is 12.4. The summed E-state index contributed by atoms with van der Waals surface area (Å²) in [5, 5.41) is 3.71. The van der Waals surface area contributed by atoms with Gasteiger partial charge in [-0.25, -0.2) is 0 Å². The Morgan fingerprint density at radius 1 is 1.14 bits per heavy atom. The van der Waals surface area contributed by atoms with Gasteiger partial charge in [0.05, 0.1) is 18.9 Å². The van der Waals surface area contributed by atoms with Crippen LogP contribution < -0.4 is 5.32 Å². The number of halogens is 1. The number of nitrogens with one attached hydrogen (secondary N) is 1. The normalized spacial score (nSPS) is 17.0. The summed E-state index contributed by atoms with van der Waals surface area (Å²) in [6, 6.07) is 13.6. The van der Waals surface area contributed by atoms with Gasteiger partial charge in [0, 0.05) is 54.4 Å². The molecule has 6 heteroatoms. The van der Waals surface area contributed by atoms with Crippen molar-refractivity contribution in [2.45, 2.75) is 6.42 Å². The van der Waals surface area contributed by atoms with Gasteiger partial charge in [0.2, 0.25) is 0 Å². The molecule has 0 radical (unpaired) electrons. The van der Waals surface area contributed by atoms with Crippen LogP contribution in [0.4, 0.5) is 0 Å². The number of aliphatic imine (C=N–C) groups is 1. The van der Waals surface area contributed by atoms with Gasteiger partial charge in [-0.1, -0.05) is 29.8 Å². The van der Waals surface area contributed by atoms with E-state index in [1.54, 1.807) is 0 Å². The van der Waals surface area contributed by atoms with E-state index >= 15 is 0 Å². The lowest BCUT2D eigenvalue weighted by atomic mass is 9.93. The third-order valence-corrected chi connectivity index (χ3v) is 5.45. The summed E-state index contributed by atoms with van der Waals surface area (Å²) in [4.78, 5) is 19.4. The molecule has 1 saturated heterocycles. The summed E-state index contributed by atoms with van der Waals surface area (Å²) in [5.41, 5.74) is 4.96. The van der Waals surface area contributed by atoms with Crippen LogP contribution in [-0.4, -0.2) is 62.5 Å². The molecule has 1 amide bonds. The Morgan fingerprint density at radius 2 is 1.93 bits per heavy atom. The van der Waals surface area contributed by atoms with E-state index < -0.39 is 0 Å². The molecular formula is C22H24ClN3O2. The highest BCUT2D eigenvalue weighted by molar-refractivity contribution is 6.31. The molecule has 2 heterocycles. The Morgan fingerprint density at radius 3 is 2.71 bits per heavy atom. The van der Waals surface area contributed by atoms with E-state index in [2.05, 4.69) is 16.3 Å². The lowest BCUT2D eigenvalue weighted by molar-refractivity contribution is 0.0383. The maximum atomic E-state index is 12.4. The molecule has 4 rings (SSSR count). The van der Waals surface area contributed by atoms with Crippen LogP contribution in [0.2, 0.25) is 5.02 Å². The van der Waals surface area contributed by atoms with Gasteiger partial charge < -0.3 is 10.1 Å². The number of carbonyl (C=O) groups excluding carboxylic acids is 1. The van der Waals surface area contributed by atoms with Crippen LogP contribution in [0.15, 0.2) is 47.5 Å². The highest BCUT2D eigenvalue weighted by atomic mass is 35.5. The number of fused-ring (bicyclic) bond motifs is 1. The van der Waals surface area contributed by atoms with Gasteiger partial charge in [-0.05, 0) is 36.2 Å². The molecule has 2 aromatic carbocycles. The second-order valence-corrected chi connectivity index (χ2v) is 7.51. The fraction of sp³-hybridized carbons (Fsp3) is 0.364. The number of morpholine rings is 1.